The standard InChI is InChI=1S/C25H22FNO2/c26-20-7-5-19(6-8-20)25(11-13-29-14-12-25)24(28)27-21-9-10-23-18(16-21)15-17-3-1-2-4-22(17)23/h1-10,16H,11-15H2,(H,27,28). The second-order valence-corrected chi connectivity index (χ2v) is 7.86. The molecule has 0 unspecified atom stereocenters. The van der Waals surface area contributed by atoms with Crippen LogP contribution in [0.25, 0.3) is 11.1 Å². The molecular formula is C25H22FNO2. The summed E-state index contributed by atoms with van der Waals surface area (Å²) < 4.78 is 19.0. The molecule has 0 bridgehead atoms. The van der Waals surface area contributed by atoms with Gasteiger partial charge in [0.25, 0.3) is 0 Å². The minimum absolute atomic E-state index is 0.0529. The van der Waals surface area contributed by atoms with Gasteiger partial charge in [0, 0.05) is 18.9 Å². The molecule has 2 aliphatic rings. The predicted molar refractivity (Wildman–Crippen MR) is 111 cm³/mol. The smallest absolute Gasteiger partial charge is 0.235 e. The zero-order valence-electron chi connectivity index (χ0n) is 16.1. The first-order valence-electron chi connectivity index (χ1n) is 10.0. The number of hydrogen-bond donors (Lipinski definition) is 1. The lowest BCUT2D eigenvalue weighted by Crippen LogP contribution is -2.44. The van der Waals surface area contributed by atoms with E-state index in [-0.39, 0.29) is 11.7 Å². The number of amides is 1. The molecule has 1 amide bonds. The zero-order chi connectivity index (χ0) is 19.8. The van der Waals surface area contributed by atoms with Gasteiger partial charge in [0.2, 0.25) is 5.91 Å². The Labute approximate surface area is 169 Å². The fourth-order valence-corrected chi connectivity index (χ4v) is 4.61. The average Bonchev–Trinajstić information content (AvgIpc) is 3.12. The predicted octanol–water partition coefficient (Wildman–Crippen LogP) is 5.08. The maximum atomic E-state index is 13.4. The second-order valence-electron chi connectivity index (χ2n) is 7.86. The molecule has 1 heterocycles. The van der Waals surface area contributed by atoms with E-state index in [1.54, 1.807) is 12.1 Å². The van der Waals surface area contributed by atoms with Crippen LogP contribution in [0.1, 0.15) is 29.5 Å². The number of nitrogens with one attached hydrogen (secondary N) is 1. The van der Waals surface area contributed by atoms with E-state index in [1.807, 2.05) is 6.07 Å². The largest absolute Gasteiger partial charge is 0.381 e. The van der Waals surface area contributed by atoms with Crippen LogP contribution in [0, 0.1) is 5.82 Å². The first kappa shape index (κ1) is 18.1. The third kappa shape index (κ3) is 3.14. The van der Waals surface area contributed by atoms with Crippen LogP contribution >= 0.6 is 0 Å². The van der Waals surface area contributed by atoms with Crippen molar-refractivity contribution in [3.8, 4) is 11.1 Å². The number of halogens is 1. The molecule has 3 nitrogen and oxygen atoms in total. The lowest BCUT2D eigenvalue weighted by Gasteiger charge is -2.36. The summed E-state index contributed by atoms with van der Waals surface area (Å²) in [7, 11) is 0. The van der Waals surface area contributed by atoms with Crippen LogP contribution in [-0.2, 0) is 21.4 Å². The molecule has 0 radical (unpaired) electrons. The van der Waals surface area contributed by atoms with Crippen molar-refractivity contribution < 1.29 is 13.9 Å². The number of carbonyl (C=O) groups excluding carboxylic acids is 1. The van der Waals surface area contributed by atoms with Crippen molar-refractivity contribution in [1.82, 2.24) is 0 Å². The number of anilines is 1. The third-order valence-corrected chi connectivity index (χ3v) is 6.23. The second kappa shape index (κ2) is 7.12. The molecule has 1 aliphatic carbocycles. The van der Waals surface area contributed by atoms with E-state index >= 15 is 0 Å². The Bertz CT molecular complexity index is 1070. The van der Waals surface area contributed by atoms with Crippen molar-refractivity contribution in [1.29, 1.82) is 0 Å². The summed E-state index contributed by atoms with van der Waals surface area (Å²) in [5.41, 5.74) is 5.99. The minimum atomic E-state index is -0.700. The molecule has 29 heavy (non-hydrogen) atoms. The SMILES string of the molecule is O=C(Nc1ccc2c(c1)Cc1ccccc1-2)C1(c2ccc(F)cc2)CCOCC1. The quantitative estimate of drug-likeness (QED) is 0.532. The average molecular weight is 387 g/mol. The summed E-state index contributed by atoms with van der Waals surface area (Å²) >= 11 is 0. The van der Waals surface area contributed by atoms with E-state index in [0.29, 0.717) is 26.1 Å². The number of rotatable bonds is 3. The lowest BCUT2D eigenvalue weighted by atomic mass is 9.73. The molecule has 0 saturated carbocycles. The van der Waals surface area contributed by atoms with Crippen LogP contribution in [0.15, 0.2) is 66.7 Å². The lowest BCUT2D eigenvalue weighted by molar-refractivity contribution is -0.125. The van der Waals surface area contributed by atoms with Crippen LogP contribution in [0.3, 0.4) is 0 Å². The molecule has 146 valence electrons. The van der Waals surface area contributed by atoms with Gasteiger partial charge < -0.3 is 10.1 Å². The Hall–Kier alpha value is -2.98. The normalized spacial score (nSPS) is 16.7. The van der Waals surface area contributed by atoms with Gasteiger partial charge in [0.05, 0.1) is 5.41 Å². The van der Waals surface area contributed by atoms with Gasteiger partial charge in [-0.3, -0.25) is 4.79 Å². The van der Waals surface area contributed by atoms with Crippen LogP contribution in [0.2, 0.25) is 0 Å². The molecule has 1 N–H and O–H groups in total. The first-order valence-corrected chi connectivity index (χ1v) is 10.0. The molecule has 0 spiro atoms. The van der Waals surface area contributed by atoms with Crippen molar-refractivity contribution in [3.63, 3.8) is 0 Å². The summed E-state index contributed by atoms with van der Waals surface area (Å²) in [5, 5.41) is 3.13. The van der Waals surface area contributed by atoms with Gasteiger partial charge in [-0.15, -0.1) is 0 Å². The topological polar surface area (TPSA) is 38.3 Å². The van der Waals surface area contributed by atoms with Gasteiger partial charge in [-0.25, -0.2) is 4.39 Å². The summed E-state index contributed by atoms with van der Waals surface area (Å²) in [6.07, 6.45) is 2.05. The van der Waals surface area contributed by atoms with Crippen molar-refractivity contribution >= 4 is 11.6 Å². The maximum absolute atomic E-state index is 13.4. The highest BCUT2D eigenvalue weighted by Crippen LogP contribution is 2.39. The minimum Gasteiger partial charge on any atom is -0.381 e. The molecule has 3 aromatic carbocycles. The van der Waals surface area contributed by atoms with E-state index in [9.17, 15) is 9.18 Å². The zero-order valence-corrected chi connectivity index (χ0v) is 16.1. The molecule has 0 atom stereocenters. The molecule has 4 heteroatoms. The van der Waals surface area contributed by atoms with Crippen molar-refractivity contribution in [2.24, 2.45) is 0 Å². The summed E-state index contributed by atoms with van der Waals surface area (Å²) in [6, 6.07) is 20.8. The third-order valence-electron chi connectivity index (χ3n) is 6.23. The molecule has 1 fully saturated rings. The van der Waals surface area contributed by atoms with Crippen molar-refractivity contribution in [2.75, 3.05) is 18.5 Å². The van der Waals surface area contributed by atoms with E-state index < -0.39 is 5.41 Å². The molecule has 1 saturated heterocycles. The summed E-state index contributed by atoms with van der Waals surface area (Å²) in [4.78, 5) is 13.4. The van der Waals surface area contributed by atoms with Gasteiger partial charge >= 0.3 is 0 Å². The van der Waals surface area contributed by atoms with E-state index in [4.69, 9.17) is 4.74 Å². The van der Waals surface area contributed by atoms with Gasteiger partial charge in [0.1, 0.15) is 5.82 Å². The Morgan fingerprint density at radius 2 is 1.62 bits per heavy atom. The van der Waals surface area contributed by atoms with Crippen LogP contribution < -0.4 is 5.32 Å². The highest BCUT2D eigenvalue weighted by atomic mass is 19.1. The van der Waals surface area contributed by atoms with Gasteiger partial charge in [-0.1, -0.05) is 42.5 Å². The van der Waals surface area contributed by atoms with Crippen molar-refractivity contribution in [2.45, 2.75) is 24.7 Å². The maximum Gasteiger partial charge on any atom is 0.235 e. The molecule has 0 aromatic heterocycles. The number of carbonyl (C=O) groups is 1. The highest BCUT2D eigenvalue weighted by molar-refractivity contribution is 5.99. The fraction of sp³-hybridized carbons (Fsp3) is 0.240. The Morgan fingerprint density at radius 3 is 2.41 bits per heavy atom. The van der Waals surface area contributed by atoms with Gasteiger partial charge in [-0.05, 0) is 71.3 Å². The Kier molecular flexibility index (Phi) is 4.44. The van der Waals surface area contributed by atoms with Crippen LogP contribution in [0.5, 0.6) is 0 Å². The summed E-state index contributed by atoms with van der Waals surface area (Å²) in [5.74, 6) is -0.350. The number of hydrogen-bond acceptors (Lipinski definition) is 2. The van der Waals surface area contributed by atoms with Gasteiger partial charge in [-0.2, -0.15) is 0 Å². The number of ether oxygens (including phenoxy) is 1. The first-order chi connectivity index (χ1) is 14.2. The number of fused-ring (bicyclic) bond motifs is 3. The Morgan fingerprint density at radius 1 is 0.897 bits per heavy atom. The molecule has 5 rings (SSSR count). The van der Waals surface area contributed by atoms with E-state index in [2.05, 4.69) is 41.7 Å². The Balaban J connectivity index is 1.44. The molecule has 1 aliphatic heterocycles. The van der Waals surface area contributed by atoms with E-state index in [0.717, 1.165) is 17.7 Å². The molecular weight excluding hydrogens is 365 g/mol. The van der Waals surface area contributed by atoms with Crippen molar-refractivity contribution in [3.05, 3.63) is 89.2 Å². The fourth-order valence-electron chi connectivity index (χ4n) is 4.61. The monoisotopic (exact) mass is 387 g/mol. The molecule has 3 aromatic rings. The van der Waals surface area contributed by atoms with Crippen LogP contribution in [0.4, 0.5) is 10.1 Å². The van der Waals surface area contributed by atoms with Gasteiger partial charge in [0.15, 0.2) is 0 Å². The highest BCUT2D eigenvalue weighted by Gasteiger charge is 2.41. The summed E-state index contributed by atoms with van der Waals surface area (Å²) in [6.45, 7) is 1.04. The number of benzene rings is 3. The van der Waals surface area contributed by atoms with Crippen LogP contribution in [-0.4, -0.2) is 19.1 Å². The van der Waals surface area contributed by atoms with E-state index in [1.165, 1.54) is 34.4 Å².